The van der Waals surface area contributed by atoms with E-state index in [1.807, 2.05) is 55.5 Å². The normalized spacial score (nSPS) is 10.3. The standard InChI is InChI=1S/C19H23NO2/c1-3-4-5-14-22-18-12-10-17(11-13-18)20-19(21)16-8-6-15(2)7-9-16/h6-13H,3-5,14H2,1-2H3,(H,20,21). The second kappa shape index (κ2) is 8.23. The number of ether oxygens (including phenoxy) is 1. The van der Waals surface area contributed by atoms with Gasteiger partial charge in [-0.3, -0.25) is 4.79 Å². The van der Waals surface area contributed by atoms with Crippen molar-refractivity contribution in [3.05, 3.63) is 59.7 Å². The molecule has 0 aromatic heterocycles. The molecular weight excluding hydrogens is 274 g/mol. The van der Waals surface area contributed by atoms with Crippen molar-refractivity contribution in [1.29, 1.82) is 0 Å². The highest BCUT2D eigenvalue weighted by Crippen LogP contribution is 2.17. The summed E-state index contributed by atoms with van der Waals surface area (Å²) in [6.45, 7) is 4.91. The fourth-order valence-electron chi connectivity index (χ4n) is 2.08. The molecule has 0 heterocycles. The quantitative estimate of drug-likeness (QED) is 0.744. The largest absolute Gasteiger partial charge is 0.494 e. The zero-order chi connectivity index (χ0) is 15.8. The van der Waals surface area contributed by atoms with Crippen LogP contribution in [0.3, 0.4) is 0 Å². The van der Waals surface area contributed by atoms with Gasteiger partial charge in [0.1, 0.15) is 5.75 Å². The average Bonchev–Trinajstić information content (AvgIpc) is 2.54. The van der Waals surface area contributed by atoms with Crippen molar-refractivity contribution in [2.45, 2.75) is 33.1 Å². The lowest BCUT2D eigenvalue weighted by atomic mass is 10.1. The molecule has 0 unspecified atom stereocenters. The monoisotopic (exact) mass is 297 g/mol. The summed E-state index contributed by atoms with van der Waals surface area (Å²) < 4.78 is 5.65. The SMILES string of the molecule is CCCCCOc1ccc(NC(=O)c2ccc(C)cc2)cc1. The Labute approximate surface area is 132 Å². The minimum absolute atomic E-state index is 0.100. The molecular formula is C19H23NO2. The minimum Gasteiger partial charge on any atom is -0.494 e. The summed E-state index contributed by atoms with van der Waals surface area (Å²) in [6, 6.07) is 15.0. The number of benzene rings is 2. The van der Waals surface area contributed by atoms with Crippen molar-refractivity contribution < 1.29 is 9.53 Å². The molecule has 1 amide bonds. The topological polar surface area (TPSA) is 38.3 Å². The summed E-state index contributed by atoms with van der Waals surface area (Å²) in [5.41, 5.74) is 2.57. The Morgan fingerprint density at radius 2 is 1.68 bits per heavy atom. The average molecular weight is 297 g/mol. The van der Waals surface area contributed by atoms with E-state index < -0.39 is 0 Å². The number of hydrogen-bond acceptors (Lipinski definition) is 2. The zero-order valence-corrected chi connectivity index (χ0v) is 13.3. The molecule has 0 bridgehead atoms. The maximum Gasteiger partial charge on any atom is 0.255 e. The van der Waals surface area contributed by atoms with Gasteiger partial charge in [0.25, 0.3) is 5.91 Å². The van der Waals surface area contributed by atoms with Gasteiger partial charge in [0.2, 0.25) is 0 Å². The molecule has 2 aromatic carbocycles. The Kier molecular flexibility index (Phi) is 6.01. The highest BCUT2D eigenvalue weighted by atomic mass is 16.5. The van der Waals surface area contributed by atoms with Crippen LogP contribution in [-0.4, -0.2) is 12.5 Å². The maximum atomic E-state index is 12.1. The van der Waals surface area contributed by atoms with Crippen molar-refractivity contribution >= 4 is 11.6 Å². The fraction of sp³-hybridized carbons (Fsp3) is 0.316. The molecule has 2 aromatic rings. The maximum absolute atomic E-state index is 12.1. The third kappa shape index (κ3) is 4.92. The van der Waals surface area contributed by atoms with Gasteiger partial charge in [-0.05, 0) is 49.7 Å². The Morgan fingerprint density at radius 1 is 1.00 bits per heavy atom. The predicted molar refractivity (Wildman–Crippen MR) is 90.6 cm³/mol. The van der Waals surface area contributed by atoms with Crippen LogP contribution in [-0.2, 0) is 0 Å². The minimum atomic E-state index is -0.100. The first-order valence-corrected chi connectivity index (χ1v) is 7.80. The van der Waals surface area contributed by atoms with Crippen LogP contribution in [0.2, 0.25) is 0 Å². The highest BCUT2D eigenvalue weighted by molar-refractivity contribution is 6.04. The van der Waals surface area contributed by atoms with E-state index in [-0.39, 0.29) is 5.91 Å². The summed E-state index contributed by atoms with van der Waals surface area (Å²) in [5.74, 6) is 0.737. The summed E-state index contributed by atoms with van der Waals surface area (Å²) in [4.78, 5) is 12.1. The molecule has 3 heteroatoms. The van der Waals surface area contributed by atoms with Gasteiger partial charge < -0.3 is 10.1 Å². The highest BCUT2D eigenvalue weighted by Gasteiger charge is 2.05. The van der Waals surface area contributed by atoms with Crippen LogP contribution in [0.25, 0.3) is 0 Å². The molecule has 0 fully saturated rings. The molecule has 0 saturated carbocycles. The molecule has 116 valence electrons. The molecule has 0 saturated heterocycles. The number of carbonyl (C=O) groups is 1. The van der Waals surface area contributed by atoms with E-state index in [1.165, 1.54) is 12.8 Å². The van der Waals surface area contributed by atoms with E-state index in [0.29, 0.717) is 5.56 Å². The van der Waals surface area contributed by atoms with E-state index in [2.05, 4.69) is 12.2 Å². The molecule has 0 radical (unpaired) electrons. The van der Waals surface area contributed by atoms with Crippen LogP contribution in [0.1, 0.15) is 42.1 Å². The number of rotatable bonds is 7. The molecule has 0 aliphatic heterocycles. The number of hydrogen-bond donors (Lipinski definition) is 1. The van der Waals surface area contributed by atoms with Crippen molar-refractivity contribution in [3.8, 4) is 5.75 Å². The molecule has 22 heavy (non-hydrogen) atoms. The van der Waals surface area contributed by atoms with Crippen molar-refractivity contribution in [2.24, 2.45) is 0 Å². The van der Waals surface area contributed by atoms with Gasteiger partial charge in [0, 0.05) is 11.3 Å². The first-order chi connectivity index (χ1) is 10.7. The number of aryl methyl sites for hydroxylation is 1. The van der Waals surface area contributed by atoms with Crippen LogP contribution in [0.4, 0.5) is 5.69 Å². The summed E-state index contributed by atoms with van der Waals surface area (Å²) in [5, 5.41) is 2.89. The van der Waals surface area contributed by atoms with Gasteiger partial charge >= 0.3 is 0 Å². The first-order valence-electron chi connectivity index (χ1n) is 7.80. The van der Waals surface area contributed by atoms with Crippen molar-refractivity contribution in [1.82, 2.24) is 0 Å². The zero-order valence-electron chi connectivity index (χ0n) is 13.3. The summed E-state index contributed by atoms with van der Waals surface area (Å²) in [7, 11) is 0. The van der Waals surface area contributed by atoms with Crippen LogP contribution in [0.15, 0.2) is 48.5 Å². The Balaban J connectivity index is 1.88. The van der Waals surface area contributed by atoms with Crippen LogP contribution < -0.4 is 10.1 Å². The van der Waals surface area contributed by atoms with E-state index in [4.69, 9.17) is 4.74 Å². The molecule has 2 rings (SSSR count). The predicted octanol–water partition coefficient (Wildman–Crippen LogP) is 4.82. The molecule has 0 atom stereocenters. The van der Waals surface area contributed by atoms with Gasteiger partial charge in [-0.2, -0.15) is 0 Å². The van der Waals surface area contributed by atoms with Gasteiger partial charge in [-0.25, -0.2) is 0 Å². The van der Waals surface area contributed by atoms with Gasteiger partial charge in [-0.15, -0.1) is 0 Å². The van der Waals surface area contributed by atoms with E-state index in [9.17, 15) is 4.79 Å². The second-order valence-electron chi connectivity index (χ2n) is 5.40. The van der Waals surface area contributed by atoms with Crippen LogP contribution in [0, 0.1) is 6.92 Å². The number of anilines is 1. The lowest BCUT2D eigenvalue weighted by Crippen LogP contribution is -2.11. The summed E-state index contributed by atoms with van der Waals surface area (Å²) in [6.07, 6.45) is 3.44. The van der Waals surface area contributed by atoms with Gasteiger partial charge in [0.15, 0.2) is 0 Å². The fourth-order valence-corrected chi connectivity index (χ4v) is 2.08. The molecule has 3 nitrogen and oxygen atoms in total. The van der Waals surface area contributed by atoms with Crippen LogP contribution in [0.5, 0.6) is 5.75 Å². The molecule has 0 spiro atoms. The van der Waals surface area contributed by atoms with E-state index in [1.54, 1.807) is 0 Å². The molecule has 0 aliphatic rings. The van der Waals surface area contributed by atoms with Crippen molar-refractivity contribution in [3.63, 3.8) is 0 Å². The number of unbranched alkanes of at least 4 members (excludes halogenated alkanes) is 2. The second-order valence-corrected chi connectivity index (χ2v) is 5.40. The Hall–Kier alpha value is -2.29. The first kappa shape index (κ1) is 16.1. The Morgan fingerprint density at radius 3 is 2.32 bits per heavy atom. The number of nitrogens with one attached hydrogen (secondary N) is 1. The van der Waals surface area contributed by atoms with Crippen molar-refractivity contribution in [2.75, 3.05) is 11.9 Å². The van der Waals surface area contributed by atoms with Gasteiger partial charge in [0.05, 0.1) is 6.61 Å². The molecule has 1 N–H and O–H groups in total. The third-order valence-electron chi connectivity index (χ3n) is 3.44. The van der Waals surface area contributed by atoms with E-state index in [0.717, 1.165) is 30.0 Å². The lowest BCUT2D eigenvalue weighted by molar-refractivity contribution is 0.102. The lowest BCUT2D eigenvalue weighted by Gasteiger charge is -2.08. The Bertz CT molecular complexity index is 588. The number of carbonyl (C=O) groups excluding carboxylic acids is 1. The summed E-state index contributed by atoms with van der Waals surface area (Å²) >= 11 is 0. The third-order valence-corrected chi connectivity index (χ3v) is 3.44. The molecule has 0 aliphatic carbocycles. The van der Waals surface area contributed by atoms with E-state index >= 15 is 0 Å². The number of amides is 1. The van der Waals surface area contributed by atoms with Gasteiger partial charge in [-0.1, -0.05) is 37.5 Å². The smallest absolute Gasteiger partial charge is 0.255 e. The van der Waals surface area contributed by atoms with Crippen LogP contribution >= 0.6 is 0 Å².